The molecule has 1 aliphatic rings. The summed E-state index contributed by atoms with van der Waals surface area (Å²) in [6.45, 7) is -0.188. The van der Waals surface area contributed by atoms with Gasteiger partial charge in [0, 0.05) is 6.42 Å². The number of esters is 1. The molecule has 5 atom stereocenters. The predicted molar refractivity (Wildman–Crippen MR) is 147 cm³/mol. The summed E-state index contributed by atoms with van der Waals surface area (Å²) in [6, 6.07) is 10.0. The molecule has 1 aromatic carbocycles. The molecule has 0 unspecified atom stereocenters. The number of nitrogens with one attached hydrogen (secondary N) is 1. The zero-order valence-corrected chi connectivity index (χ0v) is 23.1. The molecule has 0 aromatic heterocycles. The standard InChI is InChI=1S/C29H44N2O9/c32-23(15-14-22-10-4-3-5-11-22)16-17-25-24(26(33)20-27(25)34)12-6-1-2-7-13-28(35)30-21-29(36)39-18-8-9-19-40-31(37)38/h1,3-6,10-11,23-27,32-34H,2,7-9,12-21H2,(H,30,35)/t23-,24+,25+,26-,27+/m0/s1. The minimum absolute atomic E-state index is 0.0563. The molecule has 1 aliphatic carbocycles. The number of aliphatic hydroxyl groups excluding tert-OH is 3. The van der Waals surface area contributed by atoms with E-state index >= 15 is 0 Å². The number of hydrogen-bond donors (Lipinski definition) is 4. The molecule has 0 radical (unpaired) electrons. The third-order valence-electron chi connectivity index (χ3n) is 7.24. The average molecular weight is 565 g/mol. The number of rotatable bonds is 20. The van der Waals surface area contributed by atoms with Crippen molar-refractivity contribution in [3.63, 3.8) is 0 Å². The average Bonchev–Trinajstić information content (AvgIpc) is 3.20. The fourth-order valence-corrected chi connectivity index (χ4v) is 5.00. The summed E-state index contributed by atoms with van der Waals surface area (Å²) < 4.78 is 4.95. The Morgan fingerprint density at radius 3 is 2.52 bits per heavy atom. The van der Waals surface area contributed by atoms with E-state index < -0.39 is 29.4 Å². The van der Waals surface area contributed by atoms with Gasteiger partial charge in [-0.2, -0.15) is 0 Å². The smallest absolute Gasteiger partial charge is 0.325 e. The second-order valence-electron chi connectivity index (χ2n) is 10.3. The van der Waals surface area contributed by atoms with Crippen LogP contribution in [0.2, 0.25) is 0 Å². The van der Waals surface area contributed by atoms with Gasteiger partial charge in [0.05, 0.1) is 31.5 Å². The van der Waals surface area contributed by atoms with E-state index in [4.69, 9.17) is 4.74 Å². The van der Waals surface area contributed by atoms with Gasteiger partial charge in [0.2, 0.25) is 5.91 Å². The molecule has 0 heterocycles. The number of unbranched alkanes of at least 4 members (excludes halogenated alkanes) is 2. The van der Waals surface area contributed by atoms with Gasteiger partial charge in [-0.05, 0) is 81.6 Å². The van der Waals surface area contributed by atoms with E-state index in [9.17, 15) is 35.0 Å². The number of allylic oxidation sites excluding steroid dienone is 2. The Morgan fingerprint density at radius 2 is 1.77 bits per heavy atom. The van der Waals surface area contributed by atoms with Crippen LogP contribution in [0.1, 0.15) is 69.8 Å². The largest absolute Gasteiger partial charge is 0.464 e. The number of aryl methyl sites for hydroxylation is 1. The number of carbonyl (C=O) groups excluding carboxylic acids is 2. The normalized spacial score (nSPS) is 21.3. The number of nitrogens with zero attached hydrogens (tertiary/aromatic N) is 1. The fraction of sp³-hybridized carbons (Fsp3) is 0.655. The van der Waals surface area contributed by atoms with Gasteiger partial charge < -0.3 is 30.2 Å². The zero-order valence-electron chi connectivity index (χ0n) is 23.1. The molecule has 2 rings (SSSR count). The summed E-state index contributed by atoms with van der Waals surface area (Å²) >= 11 is 0. The predicted octanol–water partition coefficient (Wildman–Crippen LogP) is 2.88. The second kappa shape index (κ2) is 19.1. The Hall–Kier alpha value is -3.02. The summed E-state index contributed by atoms with van der Waals surface area (Å²) in [4.78, 5) is 37.8. The molecule has 224 valence electrons. The number of amides is 1. The monoisotopic (exact) mass is 564 g/mol. The van der Waals surface area contributed by atoms with Gasteiger partial charge in [0.1, 0.15) is 6.54 Å². The number of aliphatic hydroxyl groups is 3. The lowest BCUT2D eigenvalue weighted by Gasteiger charge is -2.23. The molecule has 1 saturated carbocycles. The van der Waals surface area contributed by atoms with Crippen molar-refractivity contribution in [2.45, 2.75) is 88.9 Å². The summed E-state index contributed by atoms with van der Waals surface area (Å²) in [5.74, 6) is -0.961. The van der Waals surface area contributed by atoms with Crippen molar-refractivity contribution < 1.29 is 39.6 Å². The van der Waals surface area contributed by atoms with Crippen molar-refractivity contribution in [1.82, 2.24) is 5.32 Å². The highest BCUT2D eigenvalue weighted by molar-refractivity contribution is 5.81. The number of benzene rings is 1. The maximum absolute atomic E-state index is 11.9. The van der Waals surface area contributed by atoms with Crippen LogP contribution in [0, 0.1) is 22.0 Å². The van der Waals surface area contributed by atoms with Gasteiger partial charge >= 0.3 is 5.97 Å². The molecule has 1 amide bonds. The van der Waals surface area contributed by atoms with E-state index in [0.717, 1.165) is 6.42 Å². The Bertz CT molecular complexity index is 912. The number of hydrogen-bond acceptors (Lipinski definition) is 9. The van der Waals surface area contributed by atoms with Crippen LogP contribution < -0.4 is 5.32 Å². The van der Waals surface area contributed by atoms with Gasteiger partial charge in [-0.25, -0.2) is 0 Å². The van der Waals surface area contributed by atoms with E-state index in [1.54, 1.807) is 0 Å². The van der Waals surface area contributed by atoms with Gasteiger partial charge in [0.15, 0.2) is 0 Å². The van der Waals surface area contributed by atoms with Crippen LogP contribution >= 0.6 is 0 Å². The van der Waals surface area contributed by atoms with E-state index in [0.29, 0.717) is 57.8 Å². The number of ether oxygens (including phenoxy) is 1. The van der Waals surface area contributed by atoms with Crippen molar-refractivity contribution in [1.29, 1.82) is 0 Å². The van der Waals surface area contributed by atoms with Gasteiger partial charge in [0.25, 0.3) is 5.09 Å². The summed E-state index contributed by atoms with van der Waals surface area (Å²) in [6.07, 6.45) is 8.36. The lowest BCUT2D eigenvalue weighted by molar-refractivity contribution is -0.757. The van der Waals surface area contributed by atoms with Crippen LogP contribution in [0.15, 0.2) is 42.5 Å². The Balaban J connectivity index is 1.57. The Labute approximate surface area is 235 Å². The van der Waals surface area contributed by atoms with E-state index in [1.807, 2.05) is 42.5 Å². The molecule has 1 aromatic rings. The van der Waals surface area contributed by atoms with Crippen LogP contribution in [-0.2, 0) is 25.6 Å². The SMILES string of the molecule is O=C(CCCC=CC[C@@H]1[C@@H](CC[C@@H](O)CCc2ccccc2)[C@H](O)C[C@@H]1O)NCC(=O)OCCCCO[N+](=O)[O-]. The van der Waals surface area contributed by atoms with Gasteiger partial charge in [-0.1, -0.05) is 42.5 Å². The molecule has 40 heavy (non-hydrogen) atoms. The summed E-state index contributed by atoms with van der Waals surface area (Å²) in [5.41, 5.74) is 1.19. The third-order valence-corrected chi connectivity index (χ3v) is 7.24. The van der Waals surface area contributed by atoms with Crippen molar-refractivity contribution in [3.8, 4) is 0 Å². The molecular weight excluding hydrogens is 520 g/mol. The minimum atomic E-state index is -0.873. The lowest BCUT2D eigenvalue weighted by atomic mass is 9.85. The van der Waals surface area contributed by atoms with Crippen molar-refractivity contribution in [2.24, 2.45) is 11.8 Å². The Morgan fingerprint density at radius 1 is 1.05 bits per heavy atom. The highest BCUT2D eigenvalue weighted by Crippen LogP contribution is 2.38. The van der Waals surface area contributed by atoms with Crippen molar-refractivity contribution in [3.05, 3.63) is 58.2 Å². The zero-order chi connectivity index (χ0) is 29.2. The summed E-state index contributed by atoms with van der Waals surface area (Å²) in [5, 5.41) is 43.0. The molecule has 11 nitrogen and oxygen atoms in total. The first-order chi connectivity index (χ1) is 19.3. The van der Waals surface area contributed by atoms with Crippen LogP contribution in [0.3, 0.4) is 0 Å². The molecule has 0 spiro atoms. The lowest BCUT2D eigenvalue weighted by Crippen LogP contribution is -2.30. The van der Waals surface area contributed by atoms with E-state index in [-0.39, 0.29) is 43.9 Å². The minimum Gasteiger partial charge on any atom is -0.464 e. The Kier molecular flexibility index (Phi) is 15.9. The molecule has 4 N–H and O–H groups in total. The maximum atomic E-state index is 11.9. The van der Waals surface area contributed by atoms with Crippen LogP contribution in [0.5, 0.6) is 0 Å². The van der Waals surface area contributed by atoms with Crippen molar-refractivity contribution >= 4 is 11.9 Å². The van der Waals surface area contributed by atoms with Gasteiger partial charge in [-0.15, -0.1) is 10.1 Å². The number of carbonyl (C=O) groups is 2. The first-order valence-corrected chi connectivity index (χ1v) is 14.2. The quantitative estimate of drug-likeness (QED) is 0.0612. The van der Waals surface area contributed by atoms with E-state index in [1.165, 1.54) is 5.56 Å². The molecule has 1 fully saturated rings. The fourth-order valence-electron chi connectivity index (χ4n) is 5.00. The highest BCUT2D eigenvalue weighted by atomic mass is 16.9. The third kappa shape index (κ3) is 13.9. The maximum Gasteiger partial charge on any atom is 0.325 e. The topological polar surface area (TPSA) is 168 Å². The first-order valence-electron chi connectivity index (χ1n) is 14.2. The van der Waals surface area contributed by atoms with Crippen LogP contribution in [0.4, 0.5) is 0 Å². The molecule has 11 heteroatoms. The van der Waals surface area contributed by atoms with Crippen molar-refractivity contribution in [2.75, 3.05) is 19.8 Å². The summed E-state index contributed by atoms with van der Waals surface area (Å²) in [7, 11) is 0. The molecular formula is C29H44N2O9. The van der Waals surface area contributed by atoms with Crippen LogP contribution in [-0.4, -0.2) is 70.4 Å². The molecule has 0 saturated heterocycles. The van der Waals surface area contributed by atoms with Gasteiger partial charge in [-0.3, -0.25) is 9.59 Å². The first kappa shape index (κ1) is 33.2. The van der Waals surface area contributed by atoms with E-state index in [2.05, 4.69) is 10.2 Å². The van der Waals surface area contributed by atoms with Crippen LogP contribution in [0.25, 0.3) is 0 Å². The molecule has 0 bridgehead atoms. The molecule has 0 aliphatic heterocycles. The highest BCUT2D eigenvalue weighted by Gasteiger charge is 2.40. The second-order valence-corrected chi connectivity index (χ2v) is 10.3.